The Labute approximate surface area is 357 Å². The number of allylic oxidation sites excluding steroid dienone is 10. The van der Waals surface area contributed by atoms with Gasteiger partial charge in [0.25, 0.3) is 0 Å². The first kappa shape index (κ1) is 56.2. The van der Waals surface area contributed by atoms with E-state index in [-0.39, 0.29) is 32.3 Å². The second-order valence-corrected chi connectivity index (χ2v) is 17.0. The lowest BCUT2D eigenvalue weighted by Crippen LogP contribution is -2.28. The number of unbranched alkanes of at least 4 members (excludes halogenated alkanes) is 22. The quantitative estimate of drug-likeness (QED) is 0.0269. The topological polar surface area (TPSA) is 117 Å². The molecule has 0 rings (SSSR count). The van der Waals surface area contributed by atoms with E-state index in [4.69, 9.17) is 24.3 Å². The Bertz CT molecular complexity index is 1070. The highest BCUT2D eigenvalue weighted by Crippen LogP contribution is 2.43. The molecule has 58 heavy (non-hydrogen) atoms. The Hall–Kier alpha value is -1.80. The first-order valence-electron chi connectivity index (χ1n) is 23.8. The van der Waals surface area contributed by atoms with Gasteiger partial charge in [-0.05, 0) is 77.0 Å². The molecule has 0 spiro atoms. The number of phosphoric acid groups is 1. The van der Waals surface area contributed by atoms with Crippen LogP contribution in [0.25, 0.3) is 0 Å². The average molecular weight is 836 g/mol. The summed E-state index contributed by atoms with van der Waals surface area (Å²) >= 11 is 0. The van der Waals surface area contributed by atoms with Crippen LogP contribution in [0.2, 0.25) is 0 Å². The van der Waals surface area contributed by atoms with Crippen molar-refractivity contribution in [3.05, 3.63) is 60.8 Å². The summed E-state index contributed by atoms with van der Waals surface area (Å²) in [6, 6.07) is 0. The zero-order valence-corrected chi connectivity index (χ0v) is 38.4. The van der Waals surface area contributed by atoms with Gasteiger partial charge in [-0.2, -0.15) is 0 Å². The summed E-state index contributed by atoms with van der Waals surface area (Å²) < 4.78 is 33.5. The number of phosphoric ester groups is 1. The van der Waals surface area contributed by atoms with Gasteiger partial charge >= 0.3 is 13.8 Å². The lowest BCUT2D eigenvalue weighted by Gasteiger charge is -2.20. The standard InChI is InChI=1S/C49H90NO7P/c1-3-5-7-9-11-13-15-17-19-20-21-22-23-24-25-26-27-29-31-33-35-37-39-41-44-54-46-48(47-56-58(52,53)55-45-43-50)57-49(51)42-40-38-36-34-32-30-28-18-16-14-12-10-8-6-4-2/h6,8,12,14-15,17-18,20-21,28,48H,3-5,7,9-11,13,16,19,22-27,29-47,50H2,1-2H3,(H,52,53)/b8-6-,14-12-,17-15-,21-20-,28-18-. The largest absolute Gasteiger partial charge is 0.472 e. The van der Waals surface area contributed by atoms with Crippen LogP contribution in [0.4, 0.5) is 0 Å². The number of rotatable bonds is 45. The molecule has 0 aromatic carbocycles. The first-order valence-corrected chi connectivity index (χ1v) is 25.3. The Morgan fingerprint density at radius 2 is 0.966 bits per heavy atom. The number of carbonyl (C=O) groups excluding carboxylic acids is 1. The molecule has 0 aliphatic carbocycles. The van der Waals surface area contributed by atoms with E-state index in [2.05, 4.69) is 74.6 Å². The smallest absolute Gasteiger partial charge is 0.457 e. The first-order chi connectivity index (χ1) is 28.4. The van der Waals surface area contributed by atoms with Gasteiger partial charge in [-0.1, -0.05) is 184 Å². The van der Waals surface area contributed by atoms with E-state index in [9.17, 15) is 14.3 Å². The highest BCUT2D eigenvalue weighted by Gasteiger charge is 2.25. The van der Waals surface area contributed by atoms with Crippen molar-refractivity contribution in [1.82, 2.24) is 0 Å². The van der Waals surface area contributed by atoms with Crippen LogP contribution in [0.1, 0.15) is 206 Å². The summed E-state index contributed by atoms with van der Waals surface area (Å²) in [5.74, 6) is -0.348. The molecule has 0 bridgehead atoms. The Kier molecular flexibility index (Phi) is 44.8. The molecule has 0 aliphatic rings. The number of hydrogen-bond acceptors (Lipinski definition) is 7. The lowest BCUT2D eigenvalue weighted by molar-refractivity contribution is -0.154. The molecule has 2 atom stereocenters. The SMILES string of the molecule is CC/C=C\C/C=C\C/C=C\CCCCCCCC(=O)OC(COCCCCCCCCCCCCCC/C=C\C/C=C\CCCCCCC)COP(=O)(O)OCCN. The van der Waals surface area contributed by atoms with Gasteiger partial charge in [-0.15, -0.1) is 0 Å². The van der Waals surface area contributed by atoms with E-state index in [1.807, 2.05) is 0 Å². The summed E-state index contributed by atoms with van der Waals surface area (Å²) in [5.41, 5.74) is 5.38. The molecule has 0 saturated heterocycles. The van der Waals surface area contributed by atoms with Crippen LogP contribution in [-0.2, 0) is 27.9 Å². The molecular weight excluding hydrogens is 746 g/mol. The van der Waals surface area contributed by atoms with E-state index >= 15 is 0 Å². The highest BCUT2D eigenvalue weighted by molar-refractivity contribution is 7.47. The van der Waals surface area contributed by atoms with Crippen molar-refractivity contribution in [1.29, 1.82) is 0 Å². The maximum absolute atomic E-state index is 12.6. The lowest BCUT2D eigenvalue weighted by atomic mass is 10.0. The number of carbonyl (C=O) groups is 1. The Morgan fingerprint density at radius 3 is 1.45 bits per heavy atom. The second-order valence-electron chi connectivity index (χ2n) is 15.6. The van der Waals surface area contributed by atoms with Crippen LogP contribution in [0, 0.1) is 0 Å². The van der Waals surface area contributed by atoms with Crippen molar-refractivity contribution in [2.75, 3.05) is 33.0 Å². The molecule has 2 unspecified atom stereocenters. The van der Waals surface area contributed by atoms with Crippen molar-refractivity contribution in [3.63, 3.8) is 0 Å². The van der Waals surface area contributed by atoms with E-state index in [0.29, 0.717) is 13.0 Å². The summed E-state index contributed by atoms with van der Waals surface area (Å²) in [5, 5.41) is 0. The van der Waals surface area contributed by atoms with E-state index in [1.165, 1.54) is 109 Å². The van der Waals surface area contributed by atoms with Gasteiger partial charge in [-0.25, -0.2) is 4.57 Å². The molecule has 9 heteroatoms. The summed E-state index contributed by atoms with van der Waals surface area (Å²) in [6.07, 6.45) is 56.8. The van der Waals surface area contributed by atoms with Crippen LogP contribution < -0.4 is 5.73 Å². The van der Waals surface area contributed by atoms with Gasteiger partial charge in [0.1, 0.15) is 6.10 Å². The molecule has 0 aliphatic heterocycles. The minimum atomic E-state index is -4.29. The van der Waals surface area contributed by atoms with Crippen LogP contribution in [0.5, 0.6) is 0 Å². The predicted molar refractivity (Wildman–Crippen MR) is 247 cm³/mol. The van der Waals surface area contributed by atoms with Crippen molar-refractivity contribution in [2.24, 2.45) is 5.73 Å². The predicted octanol–water partition coefficient (Wildman–Crippen LogP) is 14.5. The maximum atomic E-state index is 12.6. The molecule has 0 saturated carbocycles. The van der Waals surface area contributed by atoms with Gasteiger partial charge < -0.3 is 20.1 Å². The third kappa shape index (κ3) is 45.3. The fourth-order valence-electron chi connectivity index (χ4n) is 6.45. The zero-order valence-electron chi connectivity index (χ0n) is 37.5. The number of esters is 1. The van der Waals surface area contributed by atoms with Gasteiger partial charge in [-0.3, -0.25) is 13.8 Å². The fraction of sp³-hybridized carbons (Fsp3) is 0.776. The van der Waals surface area contributed by atoms with E-state index in [1.54, 1.807) is 0 Å². The van der Waals surface area contributed by atoms with Crippen molar-refractivity contribution < 1.29 is 32.8 Å². The molecule has 338 valence electrons. The summed E-state index contributed by atoms with van der Waals surface area (Å²) in [6.45, 7) is 4.78. The van der Waals surface area contributed by atoms with Crippen molar-refractivity contribution in [2.45, 2.75) is 213 Å². The fourth-order valence-corrected chi connectivity index (χ4v) is 7.22. The molecular formula is C49H90NO7P. The number of nitrogens with two attached hydrogens (primary N) is 1. The van der Waals surface area contributed by atoms with Gasteiger partial charge in [0.15, 0.2) is 0 Å². The molecule has 8 nitrogen and oxygen atoms in total. The van der Waals surface area contributed by atoms with E-state index in [0.717, 1.165) is 77.0 Å². The second kappa shape index (κ2) is 46.3. The Balaban J connectivity index is 3.96. The average Bonchev–Trinajstić information content (AvgIpc) is 3.21. The minimum Gasteiger partial charge on any atom is -0.457 e. The number of ether oxygens (including phenoxy) is 2. The van der Waals surface area contributed by atoms with Crippen LogP contribution in [-0.4, -0.2) is 49.9 Å². The minimum absolute atomic E-state index is 0.0950. The third-order valence-electron chi connectivity index (χ3n) is 9.92. The molecule has 0 fully saturated rings. The van der Waals surface area contributed by atoms with Crippen LogP contribution in [0.15, 0.2) is 60.8 Å². The van der Waals surface area contributed by atoms with Crippen molar-refractivity contribution in [3.8, 4) is 0 Å². The molecule has 0 aromatic rings. The summed E-state index contributed by atoms with van der Waals surface area (Å²) in [4.78, 5) is 22.5. The third-order valence-corrected chi connectivity index (χ3v) is 10.9. The van der Waals surface area contributed by atoms with Gasteiger partial charge in [0, 0.05) is 19.6 Å². The highest BCUT2D eigenvalue weighted by atomic mass is 31.2. The van der Waals surface area contributed by atoms with Crippen LogP contribution >= 0.6 is 7.82 Å². The monoisotopic (exact) mass is 836 g/mol. The van der Waals surface area contributed by atoms with Gasteiger partial charge in [0.2, 0.25) is 0 Å². The van der Waals surface area contributed by atoms with Gasteiger partial charge in [0.05, 0.1) is 19.8 Å². The molecule has 0 aromatic heterocycles. The molecule has 3 N–H and O–H groups in total. The molecule has 0 radical (unpaired) electrons. The normalized spacial score (nSPS) is 13.9. The van der Waals surface area contributed by atoms with E-state index < -0.39 is 13.9 Å². The summed E-state index contributed by atoms with van der Waals surface area (Å²) in [7, 11) is -4.29. The zero-order chi connectivity index (χ0) is 42.3. The molecule has 0 heterocycles. The van der Waals surface area contributed by atoms with Crippen molar-refractivity contribution >= 4 is 13.8 Å². The maximum Gasteiger partial charge on any atom is 0.472 e. The Morgan fingerprint density at radius 1 is 0.534 bits per heavy atom. The molecule has 0 amide bonds. The van der Waals surface area contributed by atoms with Crippen LogP contribution in [0.3, 0.4) is 0 Å². The number of hydrogen-bond donors (Lipinski definition) is 2.